The first-order valence-corrected chi connectivity index (χ1v) is 12.9. The van der Waals surface area contributed by atoms with Gasteiger partial charge in [0.05, 0.1) is 11.4 Å². The fraction of sp³-hybridized carbons (Fsp3) is 0.393. The van der Waals surface area contributed by atoms with Crippen molar-refractivity contribution in [3.63, 3.8) is 0 Å². The van der Waals surface area contributed by atoms with E-state index in [0.717, 1.165) is 12.2 Å². The van der Waals surface area contributed by atoms with Crippen molar-refractivity contribution in [2.45, 2.75) is 33.1 Å². The maximum atomic E-state index is 14.9. The number of aryl methyl sites for hydroxylation is 3. The summed E-state index contributed by atoms with van der Waals surface area (Å²) in [5.74, 6) is 0.274. The van der Waals surface area contributed by atoms with E-state index in [1.807, 2.05) is 39.8 Å². The highest BCUT2D eigenvalue weighted by Gasteiger charge is 2.21. The van der Waals surface area contributed by atoms with Gasteiger partial charge in [-0.15, -0.1) is 0 Å². The summed E-state index contributed by atoms with van der Waals surface area (Å²) in [4.78, 5) is 37.1. The molecule has 3 N–H and O–H groups in total. The minimum atomic E-state index is -0.633. The van der Waals surface area contributed by atoms with Crippen LogP contribution >= 0.6 is 0 Å². The molecule has 0 radical (unpaired) electrons. The second-order valence-electron chi connectivity index (χ2n) is 11.1. The van der Waals surface area contributed by atoms with E-state index in [2.05, 4.69) is 31.0 Å². The topological polar surface area (TPSA) is 122 Å². The van der Waals surface area contributed by atoms with E-state index in [1.165, 1.54) is 16.7 Å². The number of anilines is 3. The molecule has 0 bridgehead atoms. The Hall–Kier alpha value is -4.32. The van der Waals surface area contributed by atoms with Crippen LogP contribution in [-0.2, 0) is 19.5 Å². The second kappa shape index (κ2) is 11.0. The van der Waals surface area contributed by atoms with Gasteiger partial charge in [0.15, 0.2) is 0 Å². The van der Waals surface area contributed by atoms with E-state index in [9.17, 15) is 14.0 Å². The zero-order valence-electron chi connectivity index (χ0n) is 24.2. The molecule has 11 nitrogen and oxygen atoms in total. The van der Waals surface area contributed by atoms with Crippen molar-refractivity contribution < 1.29 is 9.18 Å². The number of fused-ring (bicyclic) bond motifs is 1. The van der Waals surface area contributed by atoms with Gasteiger partial charge in [-0.05, 0) is 50.3 Å². The highest BCUT2D eigenvalue weighted by atomic mass is 19.1. The largest absolute Gasteiger partial charge is 0.353 e. The zero-order chi connectivity index (χ0) is 29.4. The van der Waals surface area contributed by atoms with E-state index in [4.69, 9.17) is 0 Å². The second-order valence-corrected chi connectivity index (χ2v) is 11.1. The summed E-state index contributed by atoms with van der Waals surface area (Å²) in [6.45, 7) is 9.23. The van der Waals surface area contributed by atoms with Crippen molar-refractivity contribution >= 4 is 34.5 Å². The van der Waals surface area contributed by atoms with Crippen molar-refractivity contribution in [3.05, 3.63) is 57.9 Å². The van der Waals surface area contributed by atoms with Crippen molar-refractivity contribution in [2.75, 3.05) is 43.1 Å². The van der Waals surface area contributed by atoms with Crippen molar-refractivity contribution in [2.24, 2.45) is 14.1 Å². The molecule has 0 unspecified atom stereocenters. The number of hydrogen-bond acceptors (Lipinski definition) is 7. The molecule has 1 aromatic carbocycles. The van der Waals surface area contributed by atoms with Crippen LogP contribution in [0.25, 0.3) is 22.2 Å². The van der Waals surface area contributed by atoms with Gasteiger partial charge in [-0.2, -0.15) is 10.1 Å². The van der Waals surface area contributed by atoms with Gasteiger partial charge in [-0.1, -0.05) is 20.8 Å². The summed E-state index contributed by atoms with van der Waals surface area (Å²) >= 11 is 0. The summed E-state index contributed by atoms with van der Waals surface area (Å²) < 4.78 is 17.9. The lowest BCUT2D eigenvalue weighted by Gasteiger charge is -2.14. The van der Waals surface area contributed by atoms with Crippen LogP contribution in [0.15, 0.2) is 35.3 Å². The Balaban J connectivity index is 1.63. The van der Waals surface area contributed by atoms with Crippen LogP contribution in [0.1, 0.15) is 32.0 Å². The summed E-state index contributed by atoms with van der Waals surface area (Å²) in [6.07, 6.45) is 1.65. The third-order valence-corrected chi connectivity index (χ3v) is 6.53. The molecule has 0 aliphatic carbocycles. The van der Waals surface area contributed by atoms with E-state index in [-0.39, 0.29) is 16.7 Å². The predicted octanol–water partition coefficient (Wildman–Crippen LogP) is 4.09. The van der Waals surface area contributed by atoms with E-state index in [0.29, 0.717) is 46.0 Å². The Kier molecular flexibility index (Phi) is 7.92. The van der Waals surface area contributed by atoms with Crippen LogP contribution in [-0.4, -0.2) is 62.4 Å². The minimum absolute atomic E-state index is 0.0600. The molecule has 0 aliphatic rings. The van der Waals surface area contributed by atoms with Crippen LogP contribution < -0.4 is 21.5 Å². The molecule has 0 saturated heterocycles. The zero-order valence-corrected chi connectivity index (χ0v) is 24.2. The summed E-state index contributed by atoms with van der Waals surface area (Å²) in [7, 11) is 7.30. The molecule has 4 aromatic rings. The Labute approximate surface area is 232 Å². The number of urea groups is 1. The van der Waals surface area contributed by atoms with Crippen LogP contribution in [0.3, 0.4) is 0 Å². The number of likely N-dealkylation sites (N-methyl/N-ethyl adjacent to an activating group) is 1. The summed E-state index contributed by atoms with van der Waals surface area (Å²) in [6, 6.07) is 5.60. The molecule has 12 heteroatoms. The molecule has 0 aliphatic heterocycles. The quantitative estimate of drug-likeness (QED) is 0.317. The first-order valence-electron chi connectivity index (χ1n) is 12.9. The van der Waals surface area contributed by atoms with Crippen molar-refractivity contribution in [1.29, 1.82) is 0 Å². The number of nitrogens with zero attached hydrogens (tertiary/aromatic N) is 6. The molecular weight excluding hydrogens is 513 g/mol. The van der Waals surface area contributed by atoms with Crippen LogP contribution in [0.2, 0.25) is 0 Å². The van der Waals surface area contributed by atoms with Crippen LogP contribution in [0, 0.1) is 12.7 Å². The first kappa shape index (κ1) is 28.7. The van der Waals surface area contributed by atoms with E-state index < -0.39 is 11.8 Å². The Morgan fingerprint density at radius 3 is 2.45 bits per heavy atom. The Morgan fingerprint density at radius 2 is 1.80 bits per heavy atom. The normalized spacial score (nSPS) is 11.8. The van der Waals surface area contributed by atoms with Gasteiger partial charge in [0.1, 0.15) is 17.3 Å². The smallest absolute Gasteiger partial charge is 0.324 e. The average Bonchev–Trinajstić information content (AvgIpc) is 3.23. The molecule has 2 amide bonds. The number of hydrogen-bond donors (Lipinski definition) is 3. The molecule has 4 rings (SSSR count). The molecule has 40 heavy (non-hydrogen) atoms. The number of pyridine rings is 1. The number of carbonyl (C=O) groups excluding carboxylic acids is 1. The molecule has 0 atom stereocenters. The fourth-order valence-corrected chi connectivity index (χ4v) is 4.20. The molecule has 212 valence electrons. The van der Waals surface area contributed by atoms with E-state index >= 15 is 0 Å². The summed E-state index contributed by atoms with van der Waals surface area (Å²) in [5.41, 5.74) is 2.09. The molecular formula is C28H36FN9O2. The van der Waals surface area contributed by atoms with Gasteiger partial charge in [0.25, 0.3) is 5.56 Å². The average molecular weight is 550 g/mol. The molecule has 0 saturated carbocycles. The number of carbonyl (C=O) groups is 1. The van der Waals surface area contributed by atoms with E-state index in [1.54, 1.807) is 44.0 Å². The highest BCUT2D eigenvalue weighted by molar-refractivity contribution is 6.00. The number of amides is 2. The monoisotopic (exact) mass is 549 g/mol. The van der Waals surface area contributed by atoms with Gasteiger partial charge < -0.3 is 15.5 Å². The lowest BCUT2D eigenvalue weighted by Crippen LogP contribution is -2.23. The minimum Gasteiger partial charge on any atom is -0.353 e. The van der Waals surface area contributed by atoms with Gasteiger partial charge in [0.2, 0.25) is 5.95 Å². The Morgan fingerprint density at radius 1 is 1.07 bits per heavy atom. The van der Waals surface area contributed by atoms with Crippen LogP contribution in [0.4, 0.5) is 26.6 Å². The van der Waals surface area contributed by atoms with Crippen molar-refractivity contribution in [1.82, 2.24) is 29.2 Å². The lowest BCUT2D eigenvalue weighted by atomic mass is 9.92. The van der Waals surface area contributed by atoms with Gasteiger partial charge in [-0.25, -0.2) is 14.2 Å². The number of rotatable bonds is 7. The third-order valence-electron chi connectivity index (χ3n) is 6.53. The highest BCUT2D eigenvalue weighted by Crippen LogP contribution is 2.29. The molecule has 3 heterocycles. The van der Waals surface area contributed by atoms with Crippen LogP contribution in [0.5, 0.6) is 0 Å². The molecule has 3 aromatic heterocycles. The third kappa shape index (κ3) is 6.12. The number of halogens is 1. The van der Waals surface area contributed by atoms with Gasteiger partial charge in [0, 0.05) is 55.8 Å². The summed E-state index contributed by atoms with van der Waals surface area (Å²) in [5, 5.41) is 13.5. The molecule has 0 spiro atoms. The number of aromatic nitrogens is 5. The maximum Gasteiger partial charge on any atom is 0.324 e. The number of benzene rings is 1. The first-order chi connectivity index (χ1) is 18.7. The van der Waals surface area contributed by atoms with Gasteiger partial charge in [-0.3, -0.25) is 19.4 Å². The fourth-order valence-electron chi connectivity index (χ4n) is 4.20. The van der Waals surface area contributed by atoms with Crippen molar-refractivity contribution in [3.8, 4) is 11.1 Å². The Bertz CT molecular complexity index is 1630. The standard InChI is InChI=1S/C28H36FN9O2/c1-16-11-20(29)21(32-27(40)33-23-14-22(28(2,3)4)35-38(23)8)13-18(16)19-12-17-15-31-26(30-9-10-36(5)6)34-24(17)37(7)25(19)39/h11-15H,9-10H2,1-8H3,(H,30,31,34)(H2,32,33,40). The lowest BCUT2D eigenvalue weighted by molar-refractivity contribution is 0.262. The predicted molar refractivity (Wildman–Crippen MR) is 157 cm³/mol. The maximum absolute atomic E-state index is 14.9. The number of nitrogens with one attached hydrogen (secondary N) is 3. The van der Waals surface area contributed by atoms with Gasteiger partial charge >= 0.3 is 6.03 Å². The SMILES string of the molecule is Cc1cc(F)c(NC(=O)Nc2cc(C(C)(C)C)nn2C)cc1-c1cc2cnc(NCCN(C)C)nc2n(C)c1=O. The molecule has 0 fully saturated rings.